The van der Waals surface area contributed by atoms with Crippen molar-refractivity contribution in [3.05, 3.63) is 35.4 Å². The highest BCUT2D eigenvalue weighted by Crippen LogP contribution is 2.14. The minimum absolute atomic E-state index is 0. The average molecular weight is 502 g/mol. The molecule has 1 aromatic rings. The van der Waals surface area contributed by atoms with E-state index >= 15 is 0 Å². The quantitative estimate of drug-likeness (QED) is 0.211. The Morgan fingerprint density at radius 1 is 1.14 bits per heavy atom. The first-order valence-corrected chi connectivity index (χ1v) is 10.1. The van der Waals surface area contributed by atoms with E-state index in [-0.39, 0.29) is 29.9 Å². The van der Waals surface area contributed by atoms with Crippen LogP contribution in [0.3, 0.4) is 0 Å². The summed E-state index contributed by atoms with van der Waals surface area (Å²) in [5, 5.41) is 6.64. The van der Waals surface area contributed by atoms with E-state index in [2.05, 4.69) is 46.8 Å². The summed E-state index contributed by atoms with van der Waals surface area (Å²) in [5.74, 6) is 1.07. The molecule has 158 valence electrons. The molecular weight excluding hydrogens is 467 g/mol. The van der Waals surface area contributed by atoms with Gasteiger partial charge in [-0.25, -0.2) is 0 Å². The normalized spacial score (nSPS) is 14.1. The van der Waals surface area contributed by atoms with Gasteiger partial charge >= 0.3 is 0 Å². The van der Waals surface area contributed by atoms with Crippen molar-refractivity contribution in [1.29, 1.82) is 0 Å². The van der Waals surface area contributed by atoms with Gasteiger partial charge in [-0.3, -0.25) is 9.79 Å². The van der Waals surface area contributed by atoms with Gasteiger partial charge in [-0.2, -0.15) is 0 Å². The molecule has 2 rings (SSSR count). The molecule has 0 radical (unpaired) electrons. The van der Waals surface area contributed by atoms with Crippen LogP contribution in [0, 0.1) is 0 Å². The van der Waals surface area contributed by atoms with Crippen LogP contribution in [0.4, 0.5) is 0 Å². The van der Waals surface area contributed by atoms with Crippen LogP contribution in [0.25, 0.3) is 0 Å². The molecule has 0 atom stereocenters. The molecule has 1 aliphatic rings. The van der Waals surface area contributed by atoms with Crippen LogP contribution in [-0.4, -0.2) is 50.1 Å². The number of rotatable bonds is 11. The number of benzene rings is 1. The van der Waals surface area contributed by atoms with Crippen molar-refractivity contribution in [2.24, 2.45) is 4.99 Å². The number of nitrogens with one attached hydrogen (secondary N) is 2. The molecule has 28 heavy (non-hydrogen) atoms. The zero-order valence-corrected chi connectivity index (χ0v) is 19.5. The maximum Gasteiger partial charge on any atom is 0.222 e. The van der Waals surface area contributed by atoms with Crippen molar-refractivity contribution in [2.45, 2.75) is 52.1 Å². The van der Waals surface area contributed by atoms with E-state index < -0.39 is 0 Å². The maximum absolute atomic E-state index is 11.7. The summed E-state index contributed by atoms with van der Waals surface area (Å²) in [6.45, 7) is 6.97. The van der Waals surface area contributed by atoms with Crippen LogP contribution in [0.1, 0.15) is 50.2 Å². The highest BCUT2D eigenvalue weighted by molar-refractivity contribution is 14.0. The summed E-state index contributed by atoms with van der Waals surface area (Å²) in [6, 6.07) is 8.42. The van der Waals surface area contributed by atoms with Gasteiger partial charge in [0.1, 0.15) is 0 Å². The number of amides is 1. The molecule has 0 bridgehead atoms. The number of guanidine groups is 1. The molecule has 1 saturated heterocycles. The first-order chi connectivity index (χ1) is 13.2. The summed E-state index contributed by atoms with van der Waals surface area (Å²) < 4.78 is 5.56. The van der Waals surface area contributed by atoms with Gasteiger partial charge in [0.25, 0.3) is 0 Å². The van der Waals surface area contributed by atoms with E-state index in [4.69, 9.17) is 4.74 Å². The van der Waals surface area contributed by atoms with Gasteiger partial charge in [-0.1, -0.05) is 37.6 Å². The van der Waals surface area contributed by atoms with Gasteiger partial charge in [0.05, 0.1) is 0 Å². The number of hydrogen-bond acceptors (Lipinski definition) is 3. The molecule has 1 amide bonds. The van der Waals surface area contributed by atoms with E-state index in [1.807, 2.05) is 4.90 Å². The summed E-state index contributed by atoms with van der Waals surface area (Å²) in [7, 11) is 1.78. The number of unbranched alkanes of at least 4 members (excludes halogenated alkanes) is 1. The van der Waals surface area contributed by atoms with Crippen molar-refractivity contribution in [1.82, 2.24) is 15.5 Å². The van der Waals surface area contributed by atoms with Gasteiger partial charge in [0.15, 0.2) is 5.96 Å². The maximum atomic E-state index is 11.7. The second-order valence-electron chi connectivity index (χ2n) is 6.91. The Morgan fingerprint density at radius 2 is 1.86 bits per heavy atom. The van der Waals surface area contributed by atoms with E-state index in [0.717, 1.165) is 64.6 Å². The fourth-order valence-electron chi connectivity index (χ4n) is 2.99. The van der Waals surface area contributed by atoms with Gasteiger partial charge in [-0.15, -0.1) is 24.0 Å². The Balaban J connectivity index is 0.00000392. The highest BCUT2D eigenvalue weighted by atomic mass is 127. The fraction of sp³-hybridized carbons (Fsp3) is 0.619. The molecule has 0 unspecified atom stereocenters. The van der Waals surface area contributed by atoms with Crippen molar-refractivity contribution in [3.8, 4) is 0 Å². The fourth-order valence-corrected chi connectivity index (χ4v) is 2.99. The molecule has 0 aliphatic carbocycles. The summed E-state index contributed by atoms with van der Waals surface area (Å²) in [6.07, 6.45) is 4.95. The number of likely N-dealkylation sites (tertiary alicyclic amines) is 1. The monoisotopic (exact) mass is 502 g/mol. The van der Waals surface area contributed by atoms with Crippen LogP contribution in [-0.2, 0) is 22.6 Å². The van der Waals surface area contributed by atoms with E-state index in [0.29, 0.717) is 6.42 Å². The minimum Gasteiger partial charge on any atom is -0.381 e. The molecule has 1 heterocycles. The van der Waals surface area contributed by atoms with Crippen LogP contribution in [0.5, 0.6) is 0 Å². The Kier molecular flexibility index (Phi) is 12.9. The smallest absolute Gasteiger partial charge is 0.222 e. The van der Waals surface area contributed by atoms with Crippen molar-refractivity contribution >= 4 is 35.8 Å². The third kappa shape index (κ3) is 9.23. The molecule has 7 heteroatoms. The number of carbonyl (C=O) groups is 1. The zero-order valence-electron chi connectivity index (χ0n) is 17.2. The molecule has 2 N–H and O–H groups in total. The molecule has 0 saturated carbocycles. The SMILES string of the molecule is CCCCOCCCNC(=NC)NCc1ccc(CN2CCCC2=O)cc1.I. The zero-order chi connectivity index (χ0) is 19.3. The first-order valence-electron chi connectivity index (χ1n) is 10.1. The largest absolute Gasteiger partial charge is 0.381 e. The minimum atomic E-state index is 0. The molecule has 1 aromatic carbocycles. The van der Waals surface area contributed by atoms with Gasteiger partial charge in [0.2, 0.25) is 5.91 Å². The number of nitrogens with zero attached hydrogens (tertiary/aromatic N) is 2. The van der Waals surface area contributed by atoms with Gasteiger partial charge in [0, 0.05) is 52.9 Å². The second kappa shape index (κ2) is 14.6. The lowest BCUT2D eigenvalue weighted by Gasteiger charge is -2.16. The standard InChI is InChI=1S/C21H34N4O2.HI/c1-3-4-14-27-15-6-12-23-21(22-2)24-16-18-8-10-19(11-9-18)17-25-13-5-7-20(25)26;/h8-11H,3-7,12-17H2,1-2H3,(H2,22,23,24);1H. The summed E-state index contributed by atoms with van der Waals surface area (Å²) in [5.41, 5.74) is 2.37. The van der Waals surface area contributed by atoms with Crippen LogP contribution in [0.15, 0.2) is 29.3 Å². The molecule has 1 fully saturated rings. The van der Waals surface area contributed by atoms with Gasteiger partial charge in [-0.05, 0) is 30.4 Å². The number of ether oxygens (including phenoxy) is 1. The number of halogens is 1. The topological polar surface area (TPSA) is 66.0 Å². The lowest BCUT2D eigenvalue weighted by molar-refractivity contribution is -0.128. The first kappa shape index (κ1) is 24.7. The third-order valence-corrected chi connectivity index (χ3v) is 4.65. The van der Waals surface area contributed by atoms with E-state index in [1.54, 1.807) is 7.05 Å². The Hall–Kier alpha value is -1.35. The lowest BCUT2D eigenvalue weighted by atomic mass is 10.1. The molecule has 0 aromatic heterocycles. The van der Waals surface area contributed by atoms with Crippen molar-refractivity contribution in [2.75, 3.05) is 33.4 Å². The number of aliphatic imine (C=N–C) groups is 1. The molecule has 1 aliphatic heterocycles. The number of carbonyl (C=O) groups excluding carboxylic acids is 1. The summed E-state index contributed by atoms with van der Waals surface area (Å²) >= 11 is 0. The van der Waals surface area contributed by atoms with Crippen molar-refractivity contribution < 1.29 is 9.53 Å². The molecular formula is C21H35IN4O2. The van der Waals surface area contributed by atoms with Crippen LogP contribution in [0.2, 0.25) is 0 Å². The van der Waals surface area contributed by atoms with E-state index in [1.165, 1.54) is 17.5 Å². The Labute approximate surface area is 186 Å². The molecule has 6 nitrogen and oxygen atoms in total. The Bertz CT molecular complexity index is 593. The number of hydrogen-bond donors (Lipinski definition) is 2. The second-order valence-corrected chi connectivity index (χ2v) is 6.91. The predicted molar refractivity (Wildman–Crippen MR) is 125 cm³/mol. The highest BCUT2D eigenvalue weighted by Gasteiger charge is 2.19. The van der Waals surface area contributed by atoms with Crippen LogP contribution >= 0.6 is 24.0 Å². The summed E-state index contributed by atoms with van der Waals surface area (Å²) in [4.78, 5) is 17.9. The van der Waals surface area contributed by atoms with Crippen LogP contribution < -0.4 is 10.6 Å². The third-order valence-electron chi connectivity index (χ3n) is 4.65. The average Bonchev–Trinajstić information content (AvgIpc) is 3.09. The van der Waals surface area contributed by atoms with Gasteiger partial charge < -0.3 is 20.3 Å². The van der Waals surface area contributed by atoms with Crippen molar-refractivity contribution in [3.63, 3.8) is 0 Å². The Morgan fingerprint density at radius 3 is 2.50 bits per heavy atom. The predicted octanol–water partition coefficient (Wildman–Crippen LogP) is 3.30. The molecule has 0 spiro atoms. The lowest BCUT2D eigenvalue weighted by Crippen LogP contribution is -2.37. The van der Waals surface area contributed by atoms with E-state index in [9.17, 15) is 4.79 Å².